The number of sulfonamides is 1. The Morgan fingerprint density at radius 2 is 1.85 bits per heavy atom. The summed E-state index contributed by atoms with van der Waals surface area (Å²) in [5, 5.41) is 0.448. The van der Waals surface area contributed by atoms with E-state index in [0.717, 1.165) is 0 Å². The van der Waals surface area contributed by atoms with Crippen molar-refractivity contribution in [1.82, 2.24) is 4.31 Å². The average molecular weight is 418 g/mol. The topological polar surface area (TPSA) is 76.8 Å². The number of nitrogens with zero attached hydrogens (tertiary/aromatic N) is 1. The van der Waals surface area contributed by atoms with Crippen LogP contribution in [0.15, 0.2) is 44.4 Å². The molecule has 1 aliphatic rings. The van der Waals surface area contributed by atoms with Gasteiger partial charge in [0.25, 0.3) is 0 Å². The molecule has 1 saturated heterocycles. The van der Waals surface area contributed by atoms with Crippen molar-refractivity contribution >= 4 is 33.2 Å². The monoisotopic (exact) mass is 417 g/mol. The van der Waals surface area contributed by atoms with Crippen molar-refractivity contribution in [2.75, 3.05) is 13.1 Å². The first kappa shape index (κ1) is 19.2. The second-order valence-corrected chi connectivity index (χ2v) is 8.77. The molecule has 0 amide bonds. The molecule has 0 N–H and O–H groups in total. The zero-order chi connectivity index (χ0) is 18.9. The van der Waals surface area contributed by atoms with Crippen molar-refractivity contribution in [2.24, 2.45) is 0 Å². The lowest BCUT2D eigenvalue weighted by molar-refractivity contribution is 0.134. The molecule has 1 fully saturated rings. The van der Waals surface area contributed by atoms with Gasteiger partial charge in [-0.15, -0.1) is 0 Å². The second kappa shape index (κ2) is 7.60. The lowest BCUT2D eigenvalue weighted by atomic mass is 10.1. The number of piperidine rings is 1. The molecule has 2 heterocycles. The zero-order valence-corrected chi connectivity index (χ0v) is 16.3. The van der Waals surface area contributed by atoms with Gasteiger partial charge >= 0.3 is 5.63 Å². The second-order valence-electron chi connectivity index (χ2n) is 6.02. The van der Waals surface area contributed by atoms with E-state index >= 15 is 0 Å². The van der Waals surface area contributed by atoms with Crippen molar-refractivity contribution in [2.45, 2.75) is 30.8 Å². The minimum Gasteiger partial charge on any atom is -0.490 e. The van der Waals surface area contributed by atoms with E-state index in [4.69, 9.17) is 32.4 Å². The Bertz CT molecular complexity index is 965. The van der Waals surface area contributed by atoms with E-state index < -0.39 is 15.6 Å². The molecule has 1 aromatic heterocycles. The number of hydrogen-bond acceptors (Lipinski definition) is 5. The molecule has 1 aromatic carbocycles. The van der Waals surface area contributed by atoms with Crippen LogP contribution in [0.2, 0.25) is 10.0 Å². The van der Waals surface area contributed by atoms with Crippen molar-refractivity contribution in [3.05, 3.63) is 56.6 Å². The van der Waals surface area contributed by atoms with Gasteiger partial charge in [0.15, 0.2) is 0 Å². The van der Waals surface area contributed by atoms with E-state index in [1.165, 1.54) is 22.5 Å². The van der Waals surface area contributed by atoms with Crippen LogP contribution in [0.25, 0.3) is 0 Å². The number of hydrogen-bond donors (Lipinski definition) is 0. The summed E-state index contributed by atoms with van der Waals surface area (Å²) in [5.41, 5.74) is -0.476. The molecule has 26 heavy (non-hydrogen) atoms. The first-order valence-electron chi connectivity index (χ1n) is 7.99. The Morgan fingerprint density at radius 3 is 2.50 bits per heavy atom. The summed E-state index contributed by atoms with van der Waals surface area (Å²) in [5.74, 6) is 0.890. The molecule has 2 aromatic rings. The molecule has 0 spiro atoms. The van der Waals surface area contributed by atoms with Gasteiger partial charge in [0.1, 0.15) is 22.5 Å². The highest BCUT2D eigenvalue weighted by Crippen LogP contribution is 2.30. The van der Waals surface area contributed by atoms with Crippen LogP contribution < -0.4 is 10.4 Å². The minimum absolute atomic E-state index is 0.00216. The normalized spacial score (nSPS) is 16.6. The highest BCUT2D eigenvalue weighted by molar-refractivity contribution is 7.89. The molecule has 0 saturated carbocycles. The minimum atomic E-state index is -3.73. The first-order chi connectivity index (χ1) is 12.3. The van der Waals surface area contributed by atoms with Crippen LogP contribution in [-0.4, -0.2) is 31.9 Å². The maximum Gasteiger partial charge on any atom is 0.339 e. The fraction of sp³-hybridized carbons (Fsp3) is 0.353. The fourth-order valence-electron chi connectivity index (χ4n) is 2.84. The van der Waals surface area contributed by atoms with Crippen LogP contribution in [0.1, 0.15) is 18.6 Å². The third kappa shape index (κ3) is 4.23. The van der Waals surface area contributed by atoms with E-state index in [2.05, 4.69) is 0 Å². The molecule has 9 heteroatoms. The lowest BCUT2D eigenvalue weighted by Crippen LogP contribution is -2.41. The van der Waals surface area contributed by atoms with Crippen LogP contribution in [0, 0.1) is 6.92 Å². The molecule has 3 rings (SSSR count). The van der Waals surface area contributed by atoms with Gasteiger partial charge in [-0.2, -0.15) is 4.31 Å². The summed E-state index contributed by atoms with van der Waals surface area (Å²) in [6.07, 6.45) is 0.811. The molecule has 1 aliphatic heterocycles. The van der Waals surface area contributed by atoms with Crippen LogP contribution in [0.5, 0.6) is 5.75 Å². The largest absolute Gasteiger partial charge is 0.490 e. The van der Waals surface area contributed by atoms with E-state index in [1.54, 1.807) is 19.1 Å². The lowest BCUT2D eigenvalue weighted by Gasteiger charge is -2.31. The van der Waals surface area contributed by atoms with Crippen LogP contribution in [0.4, 0.5) is 0 Å². The Hall–Kier alpha value is -1.54. The SMILES string of the molecule is Cc1cc(OC2CCN(S(=O)(=O)c3cc(Cl)ccc3Cl)CC2)cc(=O)o1. The quantitative estimate of drug-likeness (QED) is 0.760. The smallest absolute Gasteiger partial charge is 0.339 e. The number of benzene rings is 1. The maximum atomic E-state index is 12.8. The molecule has 6 nitrogen and oxygen atoms in total. The van der Waals surface area contributed by atoms with Crippen molar-refractivity contribution in [1.29, 1.82) is 0 Å². The molecule has 0 bridgehead atoms. The molecular weight excluding hydrogens is 401 g/mol. The summed E-state index contributed by atoms with van der Waals surface area (Å²) in [4.78, 5) is 11.4. The van der Waals surface area contributed by atoms with Crippen LogP contribution in [-0.2, 0) is 10.0 Å². The highest BCUT2D eigenvalue weighted by Gasteiger charge is 2.31. The number of rotatable bonds is 4. The average Bonchev–Trinajstić information content (AvgIpc) is 2.56. The number of ether oxygens (including phenoxy) is 1. The van der Waals surface area contributed by atoms with Gasteiger partial charge in [-0.3, -0.25) is 0 Å². The van der Waals surface area contributed by atoms with Crippen LogP contribution in [0.3, 0.4) is 0 Å². The van der Waals surface area contributed by atoms with Gasteiger partial charge < -0.3 is 9.15 Å². The predicted molar refractivity (Wildman–Crippen MR) is 98.6 cm³/mol. The van der Waals surface area contributed by atoms with Gasteiger partial charge in [0.2, 0.25) is 10.0 Å². The van der Waals surface area contributed by atoms with Gasteiger partial charge in [0, 0.05) is 24.2 Å². The van der Waals surface area contributed by atoms with Gasteiger partial charge in [-0.1, -0.05) is 23.2 Å². The standard InChI is InChI=1S/C17H17Cl2NO5S/c1-11-8-14(10-17(21)24-11)25-13-4-6-20(7-5-13)26(22,23)16-9-12(18)2-3-15(16)19/h2-3,8-10,13H,4-7H2,1H3. The third-order valence-corrected chi connectivity index (χ3v) is 6.70. The first-order valence-corrected chi connectivity index (χ1v) is 10.2. The van der Waals surface area contributed by atoms with E-state index in [0.29, 0.717) is 29.4 Å². The van der Waals surface area contributed by atoms with Gasteiger partial charge in [-0.05, 0) is 38.0 Å². The molecular formula is C17H17Cl2NO5S. The highest BCUT2D eigenvalue weighted by atomic mass is 35.5. The molecule has 140 valence electrons. The maximum absolute atomic E-state index is 12.8. The number of halogens is 2. The zero-order valence-electron chi connectivity index (χ0n) is 13.9. The van der Waals surface area contributed by atoms with Crippen molar-refractivity contribution in [3.8, 4) is 5.75 Å². The summed E-state index contributed by atoms with van der Waals surface area (Å²) < 4.78 is 37.7. The molecule has 0 radical (unpaired) electrons. The van der Waals surface area contributed by atoms with Crippen molar-refractivity contribution in [3.63, 3.8) is 0 Å². The predicted octanol–water partition coefficient (Wildman–Crippen LogP) is 3.49. The molecule has 0 atom stereocenters. The molecule has 0 aliphatic carbocycles. The van der Waals surface area contributed by atoms with E-state index in [-0.39, 0.29) is 29.1 Å². The Morgan fingerprint density at radius 1 is 1.15 bits per heavy atom. The molecule has 0 unspecified atom stereocenters. The summed E-state index contributed by atoms with van der Waals surface area (Å²) >= 11 is 11.9. The Balaban J connectivity index is 1.69. The third-order valence-electron chi connectivity index (χ3n) is 4.08. The number of aryl methyl sites for hydroxylation is 1. The van der Waals surface area contributed by atoms with Crippen LogP contribution >= 0.6 is 23.2 Å². The summed E-state index contributed by atoms with van der Waals surface area (Å²) in [7, 11) is -3.73. The Labute approximate surface area is 161 Å². The Kier molecular flexibility index (Phi) is 5.62. The fourth-order valence-corrected chi connectivity index (χ4v) is 5.05. The summed E-state index contributed by atoms with van der Waals surface area (Å²) in [6, 6.07) is 7.28. The summed E-state index contributed by atoms with van der Waals surface area (Å²) in [6.45, 7) is 2.24. The van der Waals surface area contributed by atoms with E-state index in [1.807, 2.05) is 0 Å². The van der Waals surface area contributed by atoms with Crippen molar-refractivity contribution < 1.29 is 17.6 Å². The van der Waals surface area contributed by atoms with Gasteiger partial charge in [0.05, 0.1) is 11.1 Å². The van der Waals surface area contributed by atoms with Gasteiger partial charge in [-0.25, -0.2) is 13.2 Å². The van der Waals surface area contributed by atoms with E-state index in [9.17, 15) is 13.2 Å².